The maximum atomic E-state index is 4.67. The molecule has 1 fully saturated rings. The van der Waals surface area contributed by atoms with Gasteiger partial charge in [0.1, 0.15) is 17.0 Å². The third kappa shape index (κ3) is 2.66. The Morgan fingerprint density at radius 1 is 0.958 bits per heavy atom. The Morgan fingerprint density at radius 2 is 1.67 bits per heavy atom. The molecule has 126 valence electrons. The smallest absolute Gasteiger partial charge is 0.141 e. The fraction of sp³-hybridized carbons (Fsp3) is 0.474. The van der Waals surface area contributed by atoms with Crippen molar-refractivity contribution in [2.45, 2.75) is 37.8 Å². The SMILES string of the molecule is CN(C)[C@H]1CC[C@H](N(C)c2ncnc3sc4ccccc4c23)CC1. The van der Waals surface area contributed by atoms with Crippen LogP contribution in [0.5, 0.6) is 0 Å². The summed E-state index contributed by atoms with van der Waals surface area (Å²) in [5.74, 6) is 1.09. The van der Waals surface area contributed by atoms with E-state index in [2.05, 4.69) is 65.2 Å². The quantitative estimate of drug-likeness (QED) is 0.717. The van der Waals surface area contributed by atoms with Crippen LogP contribution in [-0.2, 0) is 0 Å². The highest BCUT2D eigenvalue weighted by molar-refractivity contribution is 7.25. The lowest BCUT2D eigenvalue weighted by Gasteiger charge is -2.37. The van der Waals surface area contributed by atoms with Gasteiger partial charge in [0.05, 0.1) is 5.39 Å². The average Bonchev–Trinajstić information content (AvgIpc) is 3.00. The van der Waals surface area contributed by atoms with E-state index in [1.165, 1.54) is 41.2 Å². The lowest BCUT2D eigenvalue weighted by atomic mass is 9.89. The molecule has 0 spiro atoms. The lowest BCUT2D eigenvalue weighted by Crippen LogP contribution is -2.40. The summed E-state index contributed by atoms with van der Waals surface area (Å²) in [6.45, 7) is 0. The van der Waals surface area contributed by atoms with Gasteiger partial charge < -0.3 is 9.80 Å². The Hall–Kier alpha value is -1.72. The molecule has 0 unspecified atom stereocenters. The highest BCUT2D eigenvalue weighted by Gasteiger charge is 2.27. The predicted molar refractivity (Wildman–Crippen MR) is 103 cm³/mol. The van der Waals surface area contributed by atoms with E-state index in [1.54, 1.807) is 17.7 Å². The minimum atomic E-state index is 0.568. The number of nitrogens with zero attached hydrogens (tertiary/aromatic N) is 4. The molecule has 4 nitrogen and oxygen atoms in total. The summed E-state index contributed by atoms with van der Waals surface area (Å²) in [4.78, 5) is 15.0. The molecular weight excluding hydrogens is 316 g/mol. The van der Waals surface area contributed by atoms with Gasteiger partial charge in [-0.15, -0.1) is 11.3 Å². The minimum absolute atomic E-state index is 0.568. The molecule has 0 bridgehead atoms. The van der Waals surface area contributed by atoms with Gasteiger partial charge in [0, 0.05) is 29.2 Å². The summed E-state index contributed by atoms with van der Waals surface area (Å²) in [6, 6.07) is 9.86. The third-order valence-corrected chi connectivity index (χ3v) is 6.51. The second kappa shape index (κ2) is 6.30. The van der Waals surface area contributed by atoms with Crippen molar-refractivity contribution < 1.29 is 0 Å². The normalized spacial score (nSPS) is 21.7. The largest absolute Gasteiger partial charge is 0.356 e. The van der Waals surface area contributed by atoms with Gasteiger partial charge >= 0.3 is 0 Å². The number of anilines is 1. The first-order valence-corrected chi connectivity index (χ1v) is 9.48. The van der Waals surface area contributed by atoms with E-state index < -0.39 is 0 Å². The number of fused-ring (bicyclic) bond motifs is 3. The van der Waals surface area contributed by atoms with Gasteiger partial charge in [-0.1, -0.05) is 18.2 Å². The molecule has 1 aliphatic rings. The van der Waals surface area contributed by atoms with Crippen LogP contribution in [0.15, 0.2) is 30.6 Å². The molecule has 5 heteroatoms. The van der Waals surface area contributed by atoms with Crippen LogP contribution in [0.1, 0.15) is 25.7 Å². The molecule has 2 aromatic heterocycles. The molecule has 4 rings (SSSR count). The van der Waals surface area contributed by atoms with E-state index in [9.17, 15) is 0 Å². The first-order valence-electron chi connectivity index (χ1n) is 8.66. The molecule has 1 aromatic carbocycles. The van der Waals surface area contributed by atoms with Crippen LogP contribution in [0.3, 0.4) is 0 Å². The highest BCUT2D eigenvalue weighted by atomic mass is 32.1. The van der Waals surface area contributed by atoms with Crippen molar-refractivity contribution in [2.75, 3.05) is 26.0 Å². The van der Waals surface area contributed by atoms with Crippen molar-refractivity contribution >= 4 is 37.5 Å². The number of rotatable bonds is 3. The van der Waals surface area contributed by atoms with E-state index in [1.807, 2.05) is 0 Å². The minimum Gasteiger partial charge on any atom is -0.356 e. The summed E-state index contributed by atoms with van der Waals surface area (Å²) >= 11 is 1.76. The van der Waals surface area contributed by atoms with Crippen LogP contribution in [0.25, 0.3) is 20.3 Å². The number of hydrogen-bond donors (Lipinski definition) is 0. The molecule has 2 heterocycles. The van der Waals surface area contributed by atoms with Gasteiger partial charge in [-0.2, -0.15) is 0 Å². The Balaban J connectivity index is 1.69. The van der Waals surface area contributed by atoms with Crippen LogP contribution in [0.4, 0.5) is 5.82 Å². The second-order valence-corrected chi connectivity index (χ2v) is 8.04. The molecular formula is C19H24N4S. The molecule has 24 heavy (non-hydrogen) atoms. The van der Waals surface area contributed by atoms with Crippen molar-refractivity contribution in [1.82, 2.24) is 14.9 Å². The molecule has 1 aliphatic carbocycles. The number of benzene rings is 1. The fourth-order valence-electron chi connectivity index (χ4n) is 3.94. The average molecular weight is 340 g/mol. The highest BCUT2D eigenvalue weighted by Crippen LogP contribution is 2.38. The maximum absolute atomic E-state index is 4.67. The zero-order valence-corrected chi connectivity index (χ0v) is 15.4. The fourth-order valence-corrected chi connectivity index (χ4v) is 4.98. The van der Waals surface area contributed by atoms with Gasteiger partial charge in [-0.05, 0) is 45.8 Å². The van der Waals surface area contributed by atoms with Crippen molar-refractivity contribution in [3.63, 3.8) is 0 Å². The molecule has 1 saturated carbocycles. The number of aromatic nitrogens is 2. The van der Waals surface area contributed by atoms with E-state index in [-0.39, 0.29) is 0 Å². The Kier molecular flexibility index (Phi) is 4.14. The second-order valence-electron chi connectivity index (χ2n) is 7.01. The summed E-state index contributed by atoms with van der Waals surface area (Å²) < 4.78 is 1.29. The van der Waals surface area contributed by atoms with Gasteiger partial charge in [-0.25, -0.2) is 9.97 Å². The predicted octanol–water partition coefficient (Wildman–Crippen LogP) is 4.15. The van der Waals surface area contributed by atoms with Crippen LogP contribution >= 0.6 is 11.3 Å². The Labute approximate surface area is 147 Å². The summed E-state index contributed by atoms with van der Waals surface area (Å²) in [5.41, 5.74) is 0. The van der Waals surface area contributed by atoms with Gasteiger partial charge in [0.15, 0.2) is 0 Å². The molecule has 0 aliphatic heterocycles. The van der Waals surface area contributed by atoms with E-state index in [4.69, 9.17) is 0 Å². The monoisotopic (exact) mass is 340 g/mol. The van der Waals surface area contributed by atoms with Crippen LogP contribution in [0, 0.1) is 0 Å². The third-order valence-electron chi connectivity index (χ3n) is 5.43. The van der Waals surface area contributed by atoms with E-state index >= 15 is 0 Å². The lowest BCUT2D eigenvalue weighted by molar-refractivity contribution is 0.215. The molecule has 0 saturated heterocycles. The van der Waals surface area contributed by atoms with Gasteiger partial charge in [0.2, 0.25) is 0 Å². The molecule has 0 atom stereocenters. The van der Waals surface area contributed by atoms with Crippen molar-refractivity contribution in [3.8, 4) is 0 Å². The number of thiophene rings is 1. The Morgan fingerprint density at radius 3 is 2.42 bits per heavy atom. The van der Waals surface area contributed by atoms with Crippen molar-refractivity contribution in [3.05, 3.63) is 30.6 Å². The molecule has 0 amide bonds. The first kappa shape index (κ1) is 15.8. The molecule has 3 aromatic rings. The summed E-state index contributed by atoms with van der Waals surface area (Å²) in [7, 11) is 6.59. The summed E-state index contributed by atoms with van der Waals surface area (Å²) in [5, 5.41) is 2.50. The van der Waals surface area contributed by atoms with Crippen molar-refractivity contribution in [2.24, 2.45) is 0 Å². The van der Waals surface area contributed by atoms with E-state index in [0.717, 1.165) is 16.7 Å². The Bertz CT molecular complexity index is 849. The van der Waals surface area contributed by atoms with Crippen LogP contribution in [-0.4, -0.2) is 48.1 Å². The van der Waals surface area contributed by atoms with E-state index in [0.29, 0.717) is 6.04 Å². The topological polar surface area (TPSA) is 32.3 Å². The van der Waals surface area contributed by atoms with Crippen LogP contribution in [0.2, 0.25) is 0 Å². The van der Waals surface area contributed by atoms with Crippen LogP contribution < -0.4 is 4.90 Å². The first-order chi connectivity index (χ1) is 11.6. The molecule has 0 N–H and O–H groups in total. The number of hydrogen-bond acceptors (Lipinski definition) is 5. The van der Waals surface area contributed by atoms with Gasteiger partial charge in [-0.3, -0.25) is 0 Å². The zero-order valence-electron chi connectivity index (χ0n) is 14.6. The standard InChI is InChI=1S/C19H24N4S/c1-22(2)13-8-10-14(11-9-13)23(3)18-17-15-6-4-5-7-16(15)24-19(17)21-12-20-18/h4-7,12-14H,8-11H2,1-3H3/t13-,14-. The maximum Gasteiger partial charge on any atom is 0.141 e. The zero-order chi connectivity index (χ0) is 16.7. The van der Waals surface area contributed by atoms with Crippen molar-refractivity contribution in [1.29, 1.82) is 0 Å². The van der Waals surface area contributed by atoms with Gasteiger partial charge in [0.25, 0.3) is 0 Å². The molecule has 0 radical (unpaired) electrons. The summed E-state index contributed by atoms with van der Waals surface area (Å²) in [6.07, 6.45) is 6.70.